The van der Waals surface area contributed by atoms with Crippen molar-refractivity contribution in [1.82, 2.24) is 0 Å². The molecule has 1 aromatic carbocycles. The molecule has 0 spiro atoms. The molecule has 0 saturated heterocycles. The molecule has 15 heavy (non-hydrogen) atoms. The van der Waals surface area contributed by atoms with Crippen molar-refractivity contribution in [3.05, 3.63) is 29.3 Å². The highest BCUT2D eigenvalue weighted by Crippen LogP contribution is 2.33. The standard InChI is InChI=1S/C12H19NO2/c1-8(2)10-6-5-7-11(13(14)15)12(10)9(3)4/h5-9,14-15H,1-4H3. The smallest absolute Gasteiger partial charge is 0.0980 e. The molecule has 0 atom stereocenters. The van der Waals surface area contributed by atoms with Gasteiger partial charge >= 0.3 is 0 Å². The van der Waals surface area contributed by atoms with Crippen molar-refractivity contribution in [2.45, 2.75) is 39.5 Å². The molecule has 3 nitrogen and oxygen atoms in total. The molecule has 0 saturated carbocycles. The second kappa shape index (κ2) is 4.64. The van der Waals surface area contributed by atoms with E-state index in [9.17, 15) is 0 Å². The Labute approximate surface area is 90.9 Å². The van der Waals surface area contributed by atoms with E-state index in [1.165, 1.54) is 0 Å². The Morgan fingerprint density at radius 3 is 2.00 bits per heavy atom. The third-order valence-corrected chi connectivity index (χ3v) is 2.53. The first kappa shape index (κ1) is 12.0. The maximum atomic E-state index is 9.15. The molecule has 0 aliphatic heterocycles. The topological polar surface area (TPSA) is 43.7 Å². The lowest BCUT2D eigenvalue weighted by atomic mass is 9.89. The number of benzene rings is 1. The van der Waals surface area contributed by atoms with E-state index in [0.717, 1.165) is 11.1 Å². The summed E-state index contributed by atoms with van der Waals surface area (Å²) < 4.78 is 0. The summed E-state index contributed by atoms with van der Waals surface area (Å²) in [5.41, 5.74) is 2.63. The number of hydrogen-bond donors (Lipinski definition) is 2. The molecule has 3 heteroatoms. The van der Waals surface area contributed by atoms with E-state index >= 15 is 0 Å². The van der Waals surface area contributed by atoms with Gasteiger partial charge in [0.15, 0.2) is 0 Å². The van der Waals surface area contributed by atoms with Gasteiger partial charge in [-0.3, -0.25) is 10.4 Å². The van der Waals surface area contributed by atoms with Crippen LogP contribution in [0.2, 0.25) is 0 Å². The van der Waals surface area contributed by atoms with Crippen LogP contribution in [0.5, 0.6) is 0 Å². The number of nitrogens with zero attached hydrogens (tertiary/aromatic N) is 1. The summed E-state index contributed by atoms with van der Waals surface area (Å²) in [6.45, 7) is 8.30. The van der Waals surface area contributed by atoms with Gasteiger partial charge in [0, 0.05) is 0 Å². The fraction of sp³-hybridized carbons (Fsp3) is 0.500. The maximum absolute atomic E-state index is 9.15. The van der Waals surface area contributed by atoms with Gasteiger partial charge in [-0.15, -0.1) is 5.23 Å². The minimum Gasteiger partial charge on any atom is -0.264 e. The van der Waals surface area contributed by atoms with E-state index in [2.05, 4.69) is 13.8 Å². The van der Waals surface area contributed by atoms with Crippen molar-refractivity contribution in [1.29, 1.82) is 0 Å². The second-order valence-corrected chi connectivity index (χ2v) is 4.38. The largest absolute Gasteiger partial charge is 0.264 e. The molecule has 0 fully saturated rings. The molecule has 0 amide bonds. The van der Waals surface area contributed by atoms with Crippen molar-refractivity contribution in [2.75, 3.05) is 5.23 Å². The summed E-state index contributed by atoms with van der Waals surface area (Å²) in [4.78, 5) is 0. The molecule has 84 valence electrons. The number of anilines is 1. The molecule has 0 aliphatic carbocycles. The average Bonchev–Trinajstić information content (AvgIpc) is 2.16. The highest BCUT2D eigenvalue weighted by atomic mass is 16.8. The van der Waals surface area contributed by atoms with E-state index in [-0.39, 0.29) is 11.1 Å². The van der Waals surface area contributed by atoms with Crippen molar-refractivity contribution in [3.63, 3.8) is 0 Å². The normalized spacial score (nSPS) is 11.2. The van der Waals surface area contributed by atoms with Crippen LogP contribution in [0, 0.1) is 0 Å². The summed E-state index contributed by atoms with van der Waals surface area (Å²) in [6, 6.07) is 5.59. The molecule has 0 bridgehead atoms. The van der Waals surface area contributed by atoms with Gasteiger partial charge in [-0.2, -0.15) is 0 Å². The number of hydrogen-bond acceptors (Lipinski definition) is 3. The molecule has 1 rings (SSSR count). The third kappa shape index (κ3) is 2.49. The van der Waals surface area contributed by atoms with E-state index in [0.29, 0.717) is 11.6 Å². The van der Waals surface area contributed by atoms with Gasteiger partial charge in [0.1, 0.15) is 0 Å². The Bertz CT molecular complexity index is 306. The van der Waals surface area contributed by atoms with Crippen molar-refractivity contribution in [3.8, 4) is 0 Å². The molecule has 0 unspecified atom stereocenters. The van der Waals surface area contributed by atoms with Crippen LogP contribution in [0.3, 0.4) is 0 Å². The number of rotatable bonds is 3. The molecule has 2 N–H and O–H groups in total. The molecular weight excluding hydrogens is 190 g/mol. The van der Waals surface area contributed by atoms with Gasteiger partial charge < -0.3 is 0 Å². The van der Waals surface area contributed by atoms with Gasteiger partial charge in [0.05, 0.1) is 5.69 Å². The molecular formula is C12H19NO2. The molecule has 1 aromatic rings. The predicted octanol–water partition coefficient (Wildman–Crippen LogP) is 3.52. The minimum absolute atomic E-state index is 0.210. The zero-order valence-electron chi connectivity index (χ0n) is 9.73. The average molecular weight is 209 g/mol. The van der Waals surface area contributed by atoms with Crippen LogP contribution < -0.4 is 5.23 Å². The summed E-state index contributed by atoms with van der Waals surface area (Å²) in [5.74, 6) is 0.641. The lowest BCUT2D eigenvalue weighted by Crippen LogP contribution is -2.15. The molecule has 0 heterocycles. The first-order valence-corrected chi connectivity index (χ1v) is 5.25. The van der Waals surface area contributed by atoms with Crippen LogP contribution in [0.15, 0.2) is 18.2 Å². The van der Waals surface area contributed by atoms with Crippen LogP contribution in [0.25, 0.3) is 0 Å². The molecule has 0 aromatic heterocycles. The third-order valence-electron chi connectivity index (χ3n) is 2.53. The summed E-state index contributed by atoms with van der Waals surface area (Å²) in [6.07, 6.45) is 0. The van der Waals surface area contributed by atoms with E-state index in [1.807, 2.05) is 26.0 Å². The predicted molar refractivity (Wildman–Crippen MR) is 60.7 cm³/mol. The SMILES string of the molecule is CC(C)c1cccc(N(O)O)c1C(C)C. The van der Waals surface area contributed by atoms with Crippen LogP contribution in [0.4, 0.5) is 5.69 Å². The first-order valence-electron chi connectivity index (χ1n) is 5.25. The van der Waals surface area contributed by atoms with Crippen LogP contribution in [-0.2, 0) is 0 Å². The fourth-order valence-corrected chi connectivity index (χ4v) is 1.88. The van der Waals surface area contributed by atoms with Gasteiger partial charge in [-0.25, -0.2) is 0 Å². The van der Waals surface area contributed by atoms with E-state index in [4.69, 9.17) is 10.4 Å². The van der Waals surface area contributed by atoms with Crippen LogP contribution >= 0.6 is 0 Å². The van der Waals surface area contributed by atoms with Gasteiger partial charge in [0.25, 0.3) is 0 Å². The van der Waals surface area contributed by atoms with Crippen LogP contribution in [0.1, 0.15) is 50.7 Å². The quantitative estimate of drug-likeness (QED) is 0.748. The maximum Gasteiger partial charge on any atom is 0.0980 e. The second-order valence-electron chi connectivity index (χ2n) is 4.38. The lowest BCUT2D eigenvalue weighted by Gasteiger charge is -2.21. The lowest BCUT2D eigenvalue weighted by molar-refractivity contribution is 0.0285. The Morgan fingerprint density at radius 2 is 1.60 bits per heavy atom. The van der Waals surface area contributed by atoms with Crippen molar-refractivity contribution in [2.24, 2.45) is 0 Å². The van der Waals surface area contributed by atoms with Gasteiger partial charge in [-0.1, -0.05) is 39.8 Å². The summed E-state index contributed by atoms with van der Waals surface area (Å²) >= 11 is 0. The molecule has 0 aliphatic rings. The zero-order chi connectivity index (χ0) is 11.6. The Hall–Kier alpha value is -1.06. The van der Waals surface area contributed by atoms with E-state index in [1.54, 1.807) is 6.07 Å². The highest BCUT2D eigenvalue weighted by Gasteiger charge is 2.16. The molecule has 0 radical (unpaired) electrons. The summed E-state index contributed by atoms with van der Waals surface area (Å²) in [5, 5.41) is 18.5. The van der Waals surface area contributed by atoms with Gasteiger partial charge in [-0.05, 0) is 29.0 Å². The zero-order valence-corrected chi connectivity index (χ0v) is 9.73. The Balaban J connectivity index is 3.35. The van der Waals surface area contributed by atoms with Crippen molar-refractivity contribution >= 4 is 5.69 Å². The fourth-order valence-electron chi connectivity index (χ4n) is 1.88. The van der Waals surface area contributed by atoms with Crippen LogP contribution in [-0.4, -0.2) is 10.4 Å². The minimum atomic E-state index is 0.210. The Kier molecular flexibility index (Phi) is 3.72. The Morgan fingerprint density at radius 1 is 1.00 bits per heavy atom. The van der Waals surface area contributed by atoms with Gasteiger partial charge in [0.2, 0.25) is 0 Å². The van der Waals surface area contributed by atoms with E-state index < -0.39 is 0 Å². The first-order chi connectivity index (χ1) is 6.95. The monoisotopic (exact) mass is 209 g/mol. The van der Waals surface area contributed by atoms with Crippen molar-refractivity contribution < 1.29 is 10.4 Å². The summed E-state index contributed by atoms with van der Waals surface area (Å²) in [7, 11) is 0. The highest BCUT2D eigenvalue weighted by molar-refractivity contribution is 5.55.